The molecule has 0 heterocycles. The molecule has 1 N–H and O–H groups in total. The van der Waals surface area contributed by atoms with Gasteiger partial charge in [0.1, 0.15) is 0 Å². The summed E-state index contributed by atoms with van der Waals surface area (Å²) >= 11 is 0. The zero-order valence-corrected chi connectivity index (χ0v) is 13.6. The second-order valence-corrected chi connectivity index (χ2v) is 6.58. The second kappa shape index (κ2) is 7.96. The summed E-state index contributed by atoms with van der Waals surface area (Å²) in [4.78, 5) is 12.5. The molecule has 0 bridgehead atoms. The van der Waals surface area contributed by atoms with Gasteiger partial charge < -0.3 is 5.32 Å². The Kier molecular flexibility index (Phi) is 5.46. The van der Waals surface area contributed by atoms with Crippen molar-refractivity contribution in [1.29, 1.82) is 0 Å². The van der Waals surface area contributed by atoms with E-state index in [2.05, 4.69) is 41.7 Å². The fourth-order valence-electron chi connectivity index (χ4n) is 3.52. The van der Waals surface area contributed by atoms with Gasteiger partial charge in [-0.05, 0) is 36.3 Å². The molecule has 1 saturated carbocycles. The standard InChI is InChI=1S/C21H25NO/c23-21(16-18-11-7-8-12-18)22-20(19-13-5-2-6-14-19)15-17-9-3-1-4-10-17/h1-6,9-10,13-14,18,20H,7-8,11-12,15-16H2,(H,22,23)/t20-/m1/s1. The molecule has 1 fully saturated rings. The molecule has 0 aromatic heterocycles. The van der Waals surface area contributed by atoms with E-state index in [9.17, 15) is 4.79 Å². The van der Waals surface area contributed by atoms with Crippen LogP contribution >= 0.6 is 0 Å². The van der Waals surface area contributed by atoms with Crippen molar-refractivity contribution in [3.63, 3.8) is 0 Å². The Labute approximate surface area is 138 Å². The van der Waals surface area contributed by atoms with E-state index in [-0.39, 0.29) is 11.9 Å². The van der Waals surface area contributed by atoms with Crippen molar-refractivity contribution in [2.45, 2.75) is 44.6 Å². The van der Waals surface area contributed by atoms with Crippen LogP contribution in [0.4, 0.5) is 0 Å². The van der Waals surface area contributed by atoms with Crippen LogP contribution in [0.15, 0.2) is 60.7 Å². The number of rotatable bonds is 6. The van der Waals surface area contributed by atoms with Gasteiger partial charge in [0.25, 0.3) is 0 Å². The highest BCUT2D eigenvalue weighted by Crippen LogP contribution is 2.28. The minimum atomic E-state index is 0.0486. The van der Waals surface area contributed by atoms with E-state index in [4.69, 9.17) is 0 Å². The van der Waals surface area contributed by atoms with Crippen LogP contribution in [0.25, 0.3) is 0 Å². The summed E-state index contributed by atoms with van der Waals surface area (Å²) in [5, 5.41) is 3.27. The highest BCUT2D eigenvalue weighted by Gasteiger charge is 2.21. The number of carbonyl (C=O) groups excluding carboxylic acids is 1. The lowest BCUT2D eigenvalue weighted by atomic mass is 9.97. The quantitative estimate of drug-likeness (QED) is 0.825. The first-order chi connectivity index (χ1) is 11.3. The van der Waals surface area contributed by atoms with Crippen molar-refractivity contribution in [3.8, 4) is 0 Å². The molecule has 23 heavy (non-hydrogen) atoms. The van der Waals surface area contributed by atoms with Crippen molar-refractivity contribution >= 4 is 5.91 Å². The molecule has 1 aliphatic rings. The summed E-state index contributed by atoms with van der Waals surface area (Å²) < 4.78 is 0. The summed E-state index contributed by atoms with van der Waals surface area (Å²) in [6.45, 7) is 0. The third-order valence-electron chi connectivity index (χ3n) is 4.77. The summed E-state index contributed by atoms with van der Waals surface area (Å²) in [6, 6.07) is 20.7. The lowest BCUT2D eigenvalue weighted by molar-refractivity contribution is -0.122. The molecule has 1 aliphatic carbocycles. The van der Waals surface area contributed by atoms with Crippen LogP contribution in [-0.2, 0) is 11.2 Å². The number of nitrogens with one attached hydrogen (secondary N) is 1. The van der Waals surface area contributed by atoms with Gasteiger partial charge in [0.2, 0.25) is 5.91 Å². The molecule has 2 heteroatoms. The number of benzene rings is 2. The van der Waals surface area contributed by atoms with Crippen LogP contribution in [-0.4, -0.2) is 5.91 Å². The maximum Gasteiger partial charge on any atom is 0.220 e. The average molecular weight is 307 g/mol. The number of hydrogen-bond acceptors (Lipinski definition) is 1. The van der Waals surface area contributed by atoms with Crippen molar-refractivity contribution in [3.05, 3.63) is 71.8 Å². The molecule has 0 saturated heterocycles. The van der Waals surface area contributed by atoms with Crippen LogP contribution < -0.4 is 5.32 Å². The normalized spacial score (nSPS) is 16.2. The van der Waals surface area contributed by atoms with E-state index >= 15 is 0 Å². The fraction of sp³-hybridized carbons (Fsp3) is 0.381. The molecule has 2 aromatic carbocycles. The topological polar surface area (TPSA) is 29.1 Å². The van der Waals surface area contributed by atoms with E-state index in [1.165, 1.54) is 36.8 Å². The Bertz CT molecular complexity index is 602. The SMILES string of the molecule is O=C(CC1CCCC1)N[C@H](Cc1ccccc1)c1ccccc1. The molecule has 0 radical (unpaired) electrons. The molecule has 1 atom stereocenters. The van der Waals surface area contributed by atoms with Gasteiger partial charge in [0, 0.05) is 6.42 Å². The Hall–Kier alpha value is -2.09. The number of carbonyl (C=O) groups is 1. The predicted molar refractivity (Wildman–Crippen MR) is 94.0 cm³/mol. The molecule has 2 nitrogen and oxygen atoms in total. The summed E-state index contributed by atoms with van der Waals surface area (Å²) in [5.41, 5.74) is 2.43. The smallest absolute Gasteiger partial charge is 0.220 e. The Balaban J connectivity index is 1.68. The minimum absolute atomic E-state index is 0.0486. The zero-order valence-electron chi connectivity index (χ0n) is 13.6. The molecule has 0 unspecified atom stereocenters. The van der Waals surface area contributed by atoms with Gasteiger partial charge in [0.15, 0.2) is 0 Å². The first-order valence-corrected chi connectivity index (χ1v) is 8.69. The Morgan fingerprint density at radius 2 is 1.57 bits per heavy atom. The summed E-state index contributed by atoms with van der Waals surface area (Å²) in [7, 11) is 0. The van der Waals surface area contributed by atoms with E-state index in [0.717, 1.165) is 6.42 Å². The van der Waals surface area contributed by atoms with Gasteiger partial charge >= 0.3 is 0 Å². The van der Waals surface area contributed by atoms with Gasteiger partial charge in [-0.25, -0.2) is 0 Å². The summed E-state index contributed by atoms with van der Waals surface area (Å²) in [5.74, 6) is 0.782. The van der Waals surface area contributed by atoms with Crippen LogP contribution in [0.2, 0.25) is 0 Å². The monoisotopic (exact) mass is 307 g/mol. The second-order valence-electron chi connectivity index (χ2n) is 6.58. The van der Waals surface area contributed by atoms with E-state index < -0.39 is 0 Å². The minimum Gasteiger partial charge on any atom is -0.349 e. The van der Waals surface area contributed by atoms with E-state index in [1.807, 2.05) is 24.3 Å². The number of hydrogen-bond donors (Lipinski definition) is 1. The maximum atomic E-state index is 12.5. The third kappa shape index (κ3) is 4.69. The van der Waals surface area contributed by atoms with Crippen molar-refractivity contribution in [1.82, 2.24) is 5.32 Å². The number of amides is 1. The van der Waals surface area contributed by atoms with Crippen molar-refractivity contribution in [2.24, 2.45) is 5.92 Å². The third-order valence-corrected chi connectivity index (χ3v) is 4.77. The molecule has 1 amide bonds. The maximum absolute atomic E-state index is 12.5. The van der Waals surface area contributed by atoms with Gasteiger partial charge in [-0.1, -0.05) is 73.5 Å². The van der Waals surface area contributed by atoms with E-state index in [0.29, 0.717) is 12.3 Å². The Morgan fingerprint density at radius 3 is 2.22 bits per heavy atom. The predicted octanol–water partition coefficient (Wildman–Crippen LogP) is 4.67. The average Bonchev–Trinajstić information content (AvgIpc) is 3.09. The molecule has 2 aromatic rings. The summed E-state index contributed by atoms with van der Waals surface area (Å²) in [6.07, 6.45) is 6.50. The highest BCUT2D eigenvalue weighted by molar-refractivity contribution is 5.76. The molecular weight excluding hydrogens is 282 g/mol. The first-order valence-electron chi connectivity index (χ1n) is 8.69. The molecule has 120 valence electrons. The van der Waals surface area contributed by atoms with Crippen LogP contribution in [0.1, 0.15) is 49.3 Å². The first kappa shape index (κ1) is 15.8. The van der Waals surface area contributed by atoms with Crippen LogP contribution in [0.5, 0.6) is 0 Å². The lowest BCUT2D eigenvalue weighted by Gasteiger charge is -2.20. The van der Waals surface area contributed by atoms with Gasteiger partial charge in [-0.3, -0.25) is 4.79 Å². The van der Waals surface area contributed by atoms with Crippen LogP contribution in [0, 0.1) is 5.92 Å². The Morgan fingerprint density at radius 1 is 0.957 bits per heavy atom. The molecule has 0 spiro atoms. The highest BCUT2D eigenvalue weighted by atomic mass is 16.1. The van der Waals surface area contributed by atoms with Gasteiger partial charge in [-0.15, -0.1) is 0 Å². The molecular formula is C21H25NO. The van der Waals surface area contributed by atoms with Crippen molar-refractivity contribution in [2.75, 3.05) is 0 Å². The molecule has 3 rings (SSSR count). The van der Waals surface area contributed by atoms with Crippen molar-refractivity contribution < 1.29 is 4.79 Å². The lowest BCUT2D eigenvalue weighted by Crippen LogP contribution is -2.31. The van der Waals surface area contributed by atoms with Gasteiger partial charge in [0.05, 0.1) is 6.04 Å². The van der Waals surface area contributed by atoms with E-state index in [1.54, 1.807) is 0 Å². The fourth-order valence-corrected chi connectivity index (χ4v) is 3.52. The molecule has 0 aliphatic heterocycles. The zero-order chi connectivity index (χ0) is 15.9. The largest absolute Gasteiger partial charge is 0.349 e. The van der Waals surface area contributed by atoms with Gasteiger partial charge in [-0.2, -0.15) is 0 Å². The van der Waals surface area contributed by atoms with Crippen LogP contribution in [0.3, 0.4) is 0 Å².